The number of pyridine rings is 1. The maximum atomic E-state index is 6.04. The van der Waals surface area contributed by atoms with Crippen molar-refractivity contribution in [3.63, 3.8) is 0 Å². The predicted molar refractivity (Wildman–Crippen MR) is 64.5 cm³/mol. The molecule has 0 N–H and O–H groups in total. The van der Waals surface area contributed by atoms with Crippen LogP contribution in [0, 0.1) is 20.8 Å². The van der Waals surface area contributed by atoms with Gasteiger partial charge in [-0.2, -0.15) is 0 Å². The average molecular weight is 234 g/mol. The van der Waals surface area contributed by atoms with Gasteiger partial charge in [-0.3, -0.25) is 4.98 Å². The molecule has 0 saturated heterocycles. The van der Waals surface area contributed by atoms with Gasteiger partial charge in [0, 0.05) is 23.5 Å². The van der Waals surface area contributed by atoms with E-state index in [2.05, 4.69) is 15.0 Å². The molecule has 0 atom stereocenters. The van der Waals surface area contributed by atoms with E-state index in [1.54, 1.807) is 6.20 Å². The minimum atomic E-state index is 0.504. The van der Waals surface area contributed by atoms with Crippen LogP contribution in [0.15, 0.2) is 18.5 Å². The molecule has 0 spiro atoms. The molecule has 2 heterocycles. The van der Waals surface area contributed by atoms with Crippen molar-refractivity contribution in [3.05, 3.63) is 40.6 Å². The highest BCUT2D eigenvalue weighted by molar-refractivity contribution is 6.30. The lowest BCUT2D eigenvalue weighted by molar-refractivity contribution is 1.03. The third-order valence-corrected chi connectivity index (χ3v) is 2.71. The van der Waals surface area contributed by atoms with E-state index in [1.807, 2.05) is 33.0 Å². The summed E-state index contributed by atoms with van der Waals surface area (Å²) in [5.41, 5.74) is 3.82. The zero-order valence-electron chi connectivity index (χ0n) is 9.45. The maximum absolute atomic E-state index is 6.04. The minimum absolute atomic E-state index is 0.504. The molecule has 2 rings (SSSR count). The number of rotatable bonds is 1. The summed E-state index contributed by atoms with van der Waals surface area (Å²) >= 11 is 6.04. The Bertz CT molecular complexity index is 538. The highest BCUT2D eigenvalue weighted by Crippen LogP contribution is 2.25. The SMILES string of the molecule is Cc1cncc(-c2nc(C)nc(Cl)c2C)c1. The number of hydrogen-bond donors (Lipinski definition) is 0. The van der Waals surface area contributed by atoms with Gasteiger partial charge in [-0.05, 0) is 32.4 Å². The van der Waals surface area contributed by atoms with Gasteiger partial charge in [-0.1, -0.05) is 11.6 Å². The van der Waals surface area contributed by atoms with Gasteiger partial charge >= 0.3 is 0 Å². The molecule has 0 aliphatic carbocycles. The molecule has 2 aromatic heterocycles. The Balaban J connectivity index is 2.64. The molecule has 0 aliphatic heterocycles. The molecule has 0 bridgehead atoms. The van der Waals surface area contributed by atoms with Crippen LogP contribution in [0.3, 0.4) is 0 Å². The summed E-state index contributed by atoms with van der Waals surface area (Å²) in [5, 5.41) is 0.504. The topological polar surface area (TPSA) is 38.7 Å². The fraction of sp³-hybridized carbons (Fsp3) is 0.250. The van der Waals surface area contributed by atoms with Gasteiger partial charge in [0.2, 0.25) is 0 Å². The average Bonchev–Trinajstić information content (AvgIpc) is 2.23. The van der Waals surface area contributed by atoms with Gasteiger partial charge in [0.1, 0.15) is 11.0 Å². The highest BCUT2D eigenvalue weighted by atomic mass is 35.5. The van der Waals surface area contributed by atoms with E-state index in [4.69, 9.17) is 11.6 Å². The van der Waals surface area contributed by atoms with Crippen LogP contribution >= 0.6 is 11.6 Å². The van der Waals surface area contributed by atoms with E-state index in [-0.39, 0.29) is 0 Å². The number of aromatic nitrogens is 3. The second-order valence-corrected chi connectivity index (χ2v) is 4.14. The number of aryl methyl sites for hydroxylation is 2. The van der Waals surface area contributed by atoms with Crippen LogP contribution < -0.4 is 0 Å². The first-order chi connectivity index (χ1) is 7.58. The molecular weight excluding hydrogens is 222 g/mol. The minimum Gasteiger partial charge on any atom is -0.264 e. The van der Waals surface area contributed by atoms with Crippen molar-refractivity contribution in [2.24, 2.45) is 0 Å². The van der Waals surface area contributed by atoms with Crippen LogP contribution in [0.4, 0.5) is 0 Å². The Labute approximate surface area is 99.5 Å². The summed E-state index contributed by atoms with van der Waals surface area (Å²) in [6, 6.07) is 2.04. The third-order valence-electron chi connectivity index (χ3n) is 2.35. The van der Waals surface area contributed by atoms with Crippen molar-refractivity contribution in [1.82, 2.24) is 15.0 Å². The van der Waals surface area contributed by atoms with Crippen LogP contribution in [-0.2, 0) is 0 Å². The second-order valence-electron chi connectivity index (χ2n) is 3.79. The second kappa shape index (κ2) is 4.18. The molecule has 0 amide bonds. The standard InChI is InChI=1S/C12H12ClN3/c1-7-4-10(6-14-5-7)11-8(2)12(13)16-9(3)15-11/h4-6H,1-3H3. The summed E-state index contributed by atoms with van der Waals surface area (Å²) in [7, 11) is 0. The van der Waals surface area contributed by atoms with Gasteiger partial charge in [0.25, 0.3) is 0 Å². The fourth-order valence-electron chi connectivity index (χ4n) is 1.56. The molecule has 0 saturated carbocycles. The van der Waals surface area contributed by atoms with Crippen LogP contribution in [0.1, 0.15) is 17.0 Å². The van der Waals surface area contributed by atoms with E-state index in [0.29, 0.717) is 11.0 Å². The molecule has 4 heteroatoms. The van der Waals surface area contributed by atoms with Crippen molar-refractivity contribution in [2.75, 3.05) is 0 Å². The first-order valence-electron chi connectivity index (χ1n) is 5.00. The van der Waals surface area contributed by atoms with Crippen molar-refractivity contribution < 1.29 is 0 Å². The van der Waals surface area contributed by atoms with Crippen molar-refractivity contribution >= 4 is 11.6 Å². The van der Waals surface area contributed by atoms with Gasteiger partial charge < -0.3 is 0 Å². The molecule has 0 aliphatic rings. The Kier molecular flexibility index (Phi) is 2.88. The Morgan fingerprint density at radius 3 is 2.50 bits per heavy atom. The number of halogens is 1. The quantitative estimate of drug-likeness (QED) is 0.711. The highest BCUT2D eigenvalue weighted by Gasteiger charge is 2.09. The van der Waals surface area contributed by atoms with Crippen molar-refractivity contribution in [2.45, 2.75) is 20.8 Å². The Morgan fingerprint density at radius 1 is 1.06 bits per heavy atom. The van der Waals surface area contributed by atoms with Crippen LogP contribution in [0.25, 0.3) is 11.3 Å². The smallest absolute Gasteiger partial charge is 0.136 e. The van der Waals surface area contributed by atoms with Gasteiger partial charge in [0.05, 0.1) is 5.69 Å². The number of nitrogens with zero attached hydrogens (tertiary/aromatic N) is 3. The molecule has 0 radical (unpaired) electrons. The van der Waals surface area contributed by atoms with Crippen molar-refractivity contribution in [1.29, 1.82) is 0 Å². The zero-order chi connectivity index (χ0) is 11.7. The zero-order valence-corrected chi connectivity index (χ0v) is 10.2. The van der Waals surface area contributed by atoms with Gasteiger partial charge in [-0.15, -0.1) is 0 Å². The largest absolute Gasteiger partial charge is 0.264 e. The van der Waals surface area contributed by atoms with Gasteiger partial charge in [0.15, 0.2) is 0 Å². The monoisotopic (exact) mass is 233 g/mol. The molecule has 82 valence electrons. The summed E-state index contributed by atoms with van der Waals surface area (Å²) in [6.07, 6.45) is 3.60. The summed E-state index contributed by atoms with van der Waals surface area (Å²) in [4.78, 5) is 12.7. The van der Waals surface area contributed by atoms with E-state index >= 15 is 0 Å². The molecule has 0 unspecified atom stereocenters. The fourth-order valence-corrected chi connectivity index (χ4v) is 1.77. The van der Waals surface area contributed by atoms with Gasteiger partial charge in [-0.25, -0.2) is 9.97 Å². The predicted octanol–water partition coefficient (Wildman–Crippen LogP) is 3.12. The normalized spacial score (nSPS) is 10.5. The first kappa shape index (κ1) is 11.0. The maximum Gasteiger partial charge on any atom is 0.136 e. The van der Waals surface area contributed by atoms with E-state index < -0.39 is 0 Å². The first-order valence-corrected chi connectivity index (χ1v) is 5.38. The van der Waals surface area contributed by atoms with E-state index in [9.17, 15) is 0 Å². The number of hydrogen-bond acceptors (Lipinski definition) is 3. The van der Waals surface area contributed by atoms with E-state index in [1.165, 1.54) is 0 Å². The summed E-state index contributed by atoms with van der Waals surface area (Å²) in [5.74, 6) is 0.673. The lowest BCUT2D eigenvalue weighted by atomic mass is 10.1. The van der Waals surface area contributed by atoms with E-state index in [0.717, 1.165) is 22.4 Å². The van der Waals surface area contributed by atoms with Crippen molar-refractivity contribution in [3.8, 4) is 11.3 Å². The van der Waals surface area contributed by atoms with Crippen LogP contribution in [0.2, 0.25) is 5.15 Å². The molecular formula is C12H12ClN3. The lowest BCUT2D eigenvalue weighted by Gasteiger charge is -2.07. The molecule has 16 heavy (non-hydrogen) atoms. The molecule has 2 aromatic rings. The molecule has 0 aromatic carbocycles. The summed E-state index contributed by atoms with van der Waals surface area (Å²) in [6.45, 7) is 5.75. The van der Waals surface area contributed by atoms with Crippen LogP contribution in [0.5, 0.6) is 0 Å². The Hall–Kier alpha value is -1.48. The molecule has 0 fully saturated rings. The lowest BCUT2D eigenvalue weighted by Crippen LogP contribution is -1.97. The molecule has 3 nitrogen and oxygen atoms in total. The van der Waals surface area contributed by atoms with Crippen LogP contribution in [-0.4, -0.2) is 15.0 Å². The third kappa shape index (κ3) is 2.04. The Morgan fingerprint density at radius 2 is 1.81 bits per heavy atom. The summed E-state index contributed by atoms with van der Waals surface area (Å²) < 4.78 is 0.